The van der Waals surface area contributed by atoms with Gasteiger partial charge in [-0.15, -0.1) is 0 Å². The van der Waals surface area contributed by atoms with E-state index in [9.17, 15) is 5.11 Å². The smallest absolute Gasteiger partial charge is 0.115 e. The highest BCUT2D eigenvalue weighted by Crippen LogP contribution is 2.39. The fraction of sp³-hybridized carbons (Fsp3) is 0.588. The first-order valence-electron chi connectivity index (χ1n) is 15.7. The lowest BCUT2D eigenvalue weighted by atomic mass is 9.79. The Morgan fingerprint density at radius 2 is 1.73 bits per heavy atom. The molecule has 41 heavy (non-hydrogen) atoms. The maximum absolute atomic E-state index is 10.1. The Balaban J connectivity index is 1.34. The molecule has 0 amide bonds. The molecule has 7 nitrogen and oxygen atoms in total. The van der Waals surface area contributed by atoms with Crippen LogP contribution in [-0.4, -0.2) is 82.1 Å². The Kier molecular flexibility index (Phi) is 9.29. The van der Waals surface area contributed by atoms with Crippen LogP contribution in [0.5, 0.6) is 5.75 Å². The minimum Gasteiger partial charge on any atom is -0.508 e. The summed E-state index contributed by atoms with van der Waals surface area (Å²) < 4.78 is 0. The quantitative estimate of drug-likeness (QED) is 0.361. The van der Waals surface area contributed by atoms with E-state index in [1.165, 1.54) is 16.8 Å². The molecule has 7 heteroatoms. The average Bonchev–Trinajstić information content (AvgIpc) is 2.95. The molecule has 2 aliphatic rings. The number of hydrogen-bond acceptors (Lipinski definition) is 7. The van der Waals surface area contributed by atoms with E-state index < -0.39 is 0 Å². The molecule has 2 aliphatic heterocycles. The number of aryl methyl sites for hydroxylation is 1. The largest absolute Gasteiger partial charge is 0.508 e. The van der Waals surface area contributed by atoms with Gasteiger partial charge in [0.1, 0.15) is 5.75 Å². The fourth-order valence-electron chi connectivity index (χ4n) is 7.29. The summed E-state index contributed by atoms with van der Waals surface area (Å²) in [5.74, 6) is 0.344. The number of phenolic OH excluding ortho intramolecular Hbond substituents is 1. The summed E-state index contributed by atoms with van der Waals surface area (Å²) in [7, 11) is 4.32. The van der Waals surface area contributed by atoms with Crippen LogP contribution < -0.4 is 5.32 Å². The Hall–Kier alpha value is -2.58. The first kappa shape index (κ1) is 29.9. The van der Waals surface area contributed by atoms with Gasteiger partial charge < -0.3 is 10.4 Å². The molecular weight excluding hydrogens is 508 g/mol. The van der Waals surface area contributed by atoms with E-state index in [0.717, 1.165) is 81.6 Å². The number of nitrogens with one attached hydrogen (secondary N) is 1. The Bertz CT molecular complexity index is 1310. The second kappa shape index (κ2) is 12.7. The molecule has 0 bridgehead atoms. The number of hydrogen-bond donors (Lipinski definition) is 2. The molecule has 2 N–H and O–H groups in total. The molecule has 3 aromatic rings. The second-order valence-electron chi connectivity index (χ2n) is 12.7. The predicted octanol–water partition coefficient (Wildman–Crippen LogP) is 5.47. The van der Waals surface area contributed by atoms with Crippen molar-refractivity contribution in [3.05, 3.63) is 65.0 Å². The number of rotatable bonds is 9. The molecule has 222 valence electrons. The van der Waals surface area contributed by atoms with Gasteiger partial charge in [0, 0.05) is 50.3 Å². The van der Waals surface area contributed by atoms with E-state index in [-0.39, 0.29) is 5.54 Å². The third-order valence-electron chi connectivity index (χ3n) is 9.40. The minimum atomic E-state index is -0.0500. The highest BCUT2D eigenvalue weighted by atomic mass is 16.3. The first-order chi connectivity index (χ1) is 19.7. The van der Waals surface area contributed by atoms with Crippen LogP contribution in [0.3, 0.4) is 0 Å². The van der Waals surface area contributed by atoms with Gasteiger partial charge in [0.15, 0.2) is 0 Å². The standard InChI is InChI=1S/C34H50N6O/c1-7-10-32(40-21-24(3)35-25(4)22-40)33-29(8-2)36-31-19-26(13-14-30(31)37-33)23-39-17-15-34(16-18-39,38(5)6)27-11-9-12-28(41)20-27/h9,11-14,19-20,24-25,32,35,41H,7-8,10,15-18,21-23H2,1-6H3. The molecule has 0 aliphatic carbocycles. The number of aromatic nitrogens is 2. The number of piperidine rings is 1. The first-order valence-corrected chi connectivity index (χ1v) is 15.7. The van der Waals surface area contributed by atoms with Crippen molar-refractivity contribution in [3.63, 3.8) is 0 Å². The average molecular weight is 559 g/mol. The third-order valence-corrected chi connectivity index (χ3v) is 9.40. The van der Waals surface area contributed by atoms with Gasteiger partial charge in [0.05, 0.1) is 28.5 Å². The predicted molar refractivity (Wildman–Crippen MR) is 168 cm³/mol. The second-order valence-corrected chi connectivity index (χ2v) is 12.7. The SMILES string of the molecule is CCCC(c1nc2ccc(CN3CCC(c4cccc(O)c4)(N(C)C)CC3)cc2nc1CC)N1CC(C)NC(C)C1. The zero-order valence-corrected chi connectivity index (χ0v) is 26.0. The molecule has 3 heterocycles. The zero-order chi connectivity index (χ0) is 29.1. The van der Waals surface area contributed by atoms with Crippen LogP contribution in [-0.2, 0) is 18.5 Å². The Morgan fingerprint density at radius 3 is 2.37 bits per heavy atom. The molecule has 3 unspecified atom stereocenters. The summed E-state index contributed by atoms with van der Waals surface area (Å²) in [4.78, 5) is 18.0. The van der Waals surface area contributed by atoms with E-state index >= 15 is 0 Å². The van der Waals surface area contributed by atoms with E-state index in [2.05, 4.69) is 86.1 Å². The minimum absolute atomic E-state index is 0.0500. The molecule has 5 rings (SSSR count). The van der Waals surface area contributed by atoms with E-state index in [4.69, 9.17) is 9.97 Å². The Labute approximate surface area is 247 Å². The molecule has 2 aromatic carbocycles. The molecule has 2 fully saturated rings. The maximum atomic E-state index is 10.1. The van der Waals surface area contributed by atoms with Crippen LogP contribution >= 0.6 is 0 Å². The van der Waals surface area contributed by atoms with Crippen molar-refractivity contribution in [2.24, 2.45) is 0 Å². The van der Waals surface area contributed by atoms with E-state index in [0.29, 0.717) is 23.9 Å². The maximum Gasteiger partial charge on any atom is 0.115 e. The van der Waals surface area contributed by atoms with Gasteiger partial charge in [-0.3, -0.25) is 14.7 Å². The summed E-state index contributed by atoms with van der Waals surface area (Å²) in [5.41, 5.74) is 6.80. The highest BCUT2D eigenvalue weighted by molar-refractivity contribution is 5.75. The summed E-state index contributed by atoms with van der Waals surface area (Å²) in [6, 6.07) is 15.8. The van der Waals surface area contributed by atoms with E-state index in [1.807, 2.05) is 12.1 Å². The molecule has 0 saturated carbocycles. The normalized spacial score (nSPS) is 22.8. The number of piperazine rings is 1. The summed E-state index contributed by atoms with van der Waals surface area (Å²) in [6.45, 7) is 14.1. The molecule has 0 spiro atoms. The van der Waals surface area contributed by atoms with Gasteiger partial charge in [0.2, 0.25) is 0 Å². The third kappa shape index (κ3) is 6.43. The lowest BCUT2D eigenvalue weighted by molar-refractivity contribution is 0.0506. The molecule has 0 radical (unpaired) electrons. The van der Waals surface area contributed by atoms with Crippen LogP contribution in [0.15, 0.2) is 42.5 Å². The van der Waals surface area contributed by atoms with Gasteiger partial charge in [-0.2, -0.15) is 0 Å². The van der Waals surface area contributed by atoms with Gasteiger partial charge >= 0.3 is 0 Å². The summed E-state index contributed by atoms with van der Waals surface area (Å²) >= 11 is 0. The fourth-order valence-corrected chi connectivity index (χ4v) is 7.29. The van der Waals surface area contributed by atoms with Gasteiger partial charge in [-0.25, -0.2) is 9.97 Å². The molecular formula is C34H50N6O. The molecule has 1 aromatic heterocycles. The van der Waals surface area contributed by atoms with Crippen LogP contribution in [0.1, 0.15) is 81.9 Å². The van der Waals surface area contributed by atoms with Crippen molar-refractivity contribution >= 4 is 11.0 Å². The van der Waals surface area contributed by atoms with Crippen LogP contribution in [0.25, 0.3) is 11.0 Å². The number of nitrogens with zero attached hydrogens (tertiary/aromatic N) is 5. The van der Waals surface area contributed by atoms with Crippen molar-refractivity contribution in [2.45, 2.75) is 90.0 Å². The van der Waals surface area contributed by atoms with Crippen LogP contribution in [0.2, 0.25) is 0 Å². The number of fused-ring (bicyclic) bond motifs is 1. The topological polar surface area (TPSA) is 67.8 Å². The number of aromatic hydroxyl groups is 1. The molecule has 3 atom stereocenters. The molecule has 2 saturated heterocycles. The number of likely N-dealkylation sites (tertiary alicyclic amines) is 1. The van der Waals surface area contributed by atoms with Gasteiger partial charge in [0.25, 0.3) is 0 Å². The zero-order valence-electron chi connectivity index (χ0n) is 26.0. The summed E-state index contributed by atoms with van der Waals surface area (Å²) in [5, 5.41) is 13.8. The van der Waals surface area contributed by atoms with Gasteiger partial charge in [-0.1, -0.05) is 38.5 Å². The van der Waals surface area contributed by atoms with Gasteiger partial charge in [-0.05, 0) is 89.0 Å². The van der Waals surface area contributed by atoms with Crippen LogP contribution in [0.4, 0.5) is 0 Å². The van der Waals surface area contributed by atoms with Crippen LogP contribution in [0, 0.1) is 0 Å². The van der Waals surface area contributed by atoms with Crippen molar-refractivity contribution in [2.75, 3.05) is 40.3 Å². The van der Waals surface area contributed by atoms with E-state index in [1.54, 1.807) is 6.07 Å². The highest BCUT2D eigenvalue weighted by Gasteiger charge is 2.38. The number of benzene rings is 2. The van der Waals surface area contributed by atoms with Crippen molar-refractivity contribution in [1.29, 1.82) is 0 Å². The van der Waals surface area contributed by atoms with Crippen molar-refractivity contribution in [1.82, 2.24) is 30.0 Å². The van der Waals surface area contributed by atoms with Crippen molar-refractivity contribution in [3.8, 4) is 5.75 Å². The number of phenols is 1. The van der Waals surface area contributed by atoms with Crippen molar-refractivity contribution < 1.29 is 5.11 Å². The monoisotopic (exact) mass is 558 g/mol. The summed E-state index contributed by atoms with van der Waals surface area (Å²) in [6.07, 6.45) is 5.20. The lowest BCUT2D eigenvalue weighted by Crippen LogP contribution is -2.55. The lowest BCUT2D eigenvalue weighted by Gasteiger charge is -2.46. The Morgan fingerprint density at radius 1 is 1.00 bits per heavy atom.